The first kappa shape index (κ1) is 19.7. The Morgan fingerprint density at radius 3 is 2.55 bits per heavy atom. The van der Waals surface area contributed by atoms with Crippen molar-refractivity contribution in [2.24, 2.45) is 5.73 Å². The maximum absolute atomic E-state index is 12.2. The minimum Gasteiger partial charge on any atom is -0.495 e. The van der Waals surface area contributed by atoms with Crippen molar-refractivity contribution in [1.82, 2.24) is 4.72 Å². The zero-order chi connectivity index (χ0) is 14.5. The number of halogens is 2. The van der Waals surface area contributed by atoms with Gasteiger partial charge < -0.3 is 10.5 Å². The first-order valence-electron chi connectivity index (χ1n) is 5.96. The number of hydrogen-bond acceptors (Lipinski definition) is 4. The van der Waals surface area contributed by atoms with Crippen LogP contribution in [0.25, 0.3) is 0 Å². The molecule has 0 aliphatic carbocycles. The Kier molecular flexibility index (Phi) is 8.69. The van der Waals surface area contributed by atoms with Gasteiger partial charge in [-0.25, -0.2) is 13.1 Å². The van der Waals surface area contributed by atoms with Crippen molar-refractivity contribution >= 4 is 38.4 Å². The van der Waals surface area contributed by atoms with Gasteiger partial charge >= 0.3 is 0 Å². The van der Waals surface area contributed by atoms with Crippen LogP contribution in [0, 0.1) is 6.92 Å². The highest BCUT2D eigenvalue weighted by Crippen LogP contribution is 2.30. The predicted molar refractivity (Wildman–Crippen MR) is 86.2 cm³/mol. The number of hydrogen-bond donors (Lipinski definition) is 2. The molecule has 0 atom stereocenters. The summed E-state index contributed by atoms with van der Waals surface area (Å²) in [7, 11) is -2.11. The normalized spacial score (nSPS) is 11.0. The predicted octanol–water partition coefficient (Wildman–Crippen LogP) is 2.21. The molecule has 0 spiro atoms. The van der Waals surface area contributed by atoms with Gasteiger partial charge in [-0.1, -0.05) is 15.9 Å². The van der Waals surface area contributed by atoms with E-state index in [0.29, 0.717) is 25.3 Å². The Bertz CT molecular complexity index is 538. The molecule has 0 amide bonds. The maximum atomic E-state index is 12.2. The second-order valence-corrected chi connectivity index (χ2v) is 6.74. The van der Waals surface area contributed by atoms with E-state index in [4.69, 9.17) is 10.5 Å². The van der Waals surface area contributed by atoms with Gasteiger partial charge in [0, 0.05) is 11.0 Å². The summed E-state index contributed by atoms with van der Waals surface area (Å²) >= 11 is 3.33. The van der Waals surface area contributed by atoms with Crippen molar-refractivity contribution in [2.75, 3.05) is 20.2 Å². The molecule has 1 aromatic rings. The Hall–Kier alpha value is -0.340. The fourth-order valence-corrected chi connectivity index (χ4v) is 3.30. The fourth-order valence-electron chi connectivity index (χ4n) is 1.56. The van der Waals surface area contributed by atoms with E-state index < -0.39 is 10.0 Å². The molecule has 1 rings (SSSR count). The first-order chi connectivity index (χ1) is 8.92. The zero-order valence-electron chi connectivity index (χ0n) is 11.5. The summed E-state index contributed by atoms with van der Waals surface area (Å²) in [4.78, 5) is 0.139. The summed E-state index contributed by atoms with van der Waals surface area (Å²) in [5, 5.41) is 0. The average Bonchev–Trinajstić information content (AvgIpc) is 2.37. The van der Waals surface area contributed by atoms with E-state index in [2.05, 4.69) is 20.7 Å². The Morgan fingerprint density at radius 2 is 2.00 bits per heavy atom. The van der Waals surface area contributed by atoms with Crippen molar-refractivity contribution in [3.63, 3.8) is 0 Å². The molecule has 0 saturated heterocycles. The van der Waals surface area contributed by atoms with E-state index in [1.54, 1.807) is 12.1 Å². The molecule has 0 aliphatic heterocycles. The van der Waals surface area contributed by atoms with Gasteiger partial charge in [-0.15, -0.1) is 12.4 Å². The Morgan fingerprint density at radius 1 is 1.35 bits per heavy atom. The fraction of sp³-hybridized carbons (Fsp3) is 0.500. The largest absolute Gasteiger partial charge is 0.495 e. The SMILES string of the molecule is COc1cc(C)c(Br)cc1S(=O)(=O)NCCCCN.Cl. The van der Waals surface area contributed by atoms with E-state index in [1.165, 1.54) is 7.11 Å². The smallest absolute Gasteiger partial charge is 0.244 e. The molecule has 3 N–H and O–H groups in total. The number of benzene rings is 1. The van der Waals surface area contributed by atoms with E-state index in [9.17, 15) is 8.42 Å². The van der Waals surface area contributed by atoms with Crippen molar-refractivity contribution in [1.29, 1.82) is 0 Å². The van der Waals surface area contributed by atoms with Gasteiger partial charge in [-0.05, 0) is 44.0 Å². The molecule has 8 heteroatoms. The number of unbranched alkanes of at least 4 members (excludes halogenated alkanes) is 1. The summed E-state index contributed by atoms with van der Waals surface area (Å²) in [5.41, 5.74) is 6.28. The molecule has 0 heterocycles. The summed E-state index contributed by atoms with van der Waals surface area (Å²) in [6.45, 7) is 2.80. The molecule has 116 valence electrons. The summed E-state index contributed by atoms with van der Waals surface area (Å²) in [5.74, 6) is 0.340. The third-order valence-electron chi connectivity index (χ3n) is 2.66. The Balaban J connectivity index is 0.00000361. The van der Waals surface area contributed by atoms with E-state index in [0.717, 1.165) is 16.5 Å². The zero-order valence-corrected chi connectivity index (χ0v) is 14.7. The summed E-state index contributed by atoms with van der Waals surface area (Å²) in [6.07, 6.45) is 1.50. The van der Waals surface area contributed by atoms with Crippen LogP contribution in [0.3, 0.4) is 0 Å². The van der Waals surface area contributed by atoms with Crippen LogP contribution in [0.2, 0.25) is 0 Å². The molecule has 0 unspecified atom stereocenters. The number of nitrogens with two attached hydrogens (primary N) is 1. The lowest BCUT2D eigenvalue weighted by molar-refractivity contribution is 0.402. The summed E-state index contributed by atoms with van der Waals surface area (Å²) in [6, 6.07) is 3.25. The van der Waals surface area contributed by atoms with Gasteiger partial charge in [0.05, 0.1) is 7.11 Å². The number of aryl methyl sites for hydroxylation is 1. The van der Waals surface area contributed by atoms with Crippen molar-refractivity contribution < 1.29 is 13.2 Å². The monoisotopic (exact) mass is 386 g/mol. The first-order valence-corrected chi connectivity index (χ1v) is 8.24. The number of sulfonamides is 1. The van der Waals surface area contributed by atoms with Crippen molar-refractivity contribution in [2.45, 2.75) is 24.7 Å². The molecule has 0 aliphatic rings. The Labute approximate surface area is 134 Å². The van der Waals surface area contributed by atoms with Gasteiger partial charge in [-0.3, -0.25) is 0 Å². The van der Waals surface area contributed by atoms with Crippen LogP contribution < -0.4 is 15.2 Å². The molecular formula is C12H20BrClN2O3S. The molecule has 0 fully saturated rings. The minimum atomic E-state index is -3.57. The molecule has 0 aromatic heterocycles. The molecule has 0 saturated carbocycles. The van der Waals surface area contributed by atoms with E-state index in [1.807, 2.05) is 6.92 Å². The highest BCUT2D eigenvalue weighted by molar-refractivity contribution is 9.10. The van der Waals surface area contributed by atoms with Crippen molar-refractivity contribution in [3.05, 3.63) is 22.2 Å². The molecule has 20 heavy (non-hydrogen) atoms. The van der Waals surface area contributed by atoms with Gasteiger partial charge in [0.2, 0.25) is 10.0 Å². The molecular weight excluding hydrogens is 368 g/mol. The van der Waals surface area contributed by atoms with Crippen LogP contribution in [0.1, 0.15) is 18.4 Å². The van der Waals surface area contributed by atoms with Crippen LogP contribution in [0.5, 0.6) is 5.75 Å². The van der Waals surface area contributed by atoms with Crippen LogP contribution in [-0.2, 0) is 10.0 Å². The van der Waals surface area contributed by atoms with Crippen LogP contribution >= 0.6 is 28.3 Å². The van der Waals surface area contributed by atoms with Crippen LogP contribution in [-0.4, -0.2) is 28.6 Å². The minimum absolute atomic E-state index is 0. The van der Waals surface area contributed by atoms with Gasteiger partial charge in [0.15, 0.2) is 0 Å². The van der Waals surface area contributed by atoms with Crippen LogP contribution in [0.15, 0.2) is 21.5 Å². The quantitative estimate of drug-likeness (QED) is 0.703. The van der Waals surface area contributed by atoms with Gasteiger partial charge in [-0.2, -0.15) is 0 Å². The highest BCUT2D eigenvalue weighted by atomic mass is 79.9. The number of rotatable bonds is 7. The van der Waals surface area contributed by atoms with Crippen molar-refractivity contribution in [3.8, 4) is 5.75 Å². The number of methoxy groups -OCH3 is 1. The third-order valence-corrected chi connectivity index (χ3v) is 4.99. The molecule has 5 nitrogen and oxygen atoms in total. The second kappa shape index (κ2) is 8.84. The van der Waals surface area contributed by atoms with E-state index >= 15 is 0 Å². The topological polar surface area (TPSA) is 81.4 Å². The second-order valence-electron chi connectivity index (χ2n) is 4.15. The molecule has 0 radical (unpaired) electrons. The lowest BCUT2D eigenvalue weighted by Gasteiger charge is -2.12. The van der Waals surface area contributed by atoms with Crippen LogP contribution in [0.4, 0.5) is 0 Å². The van der Waals surface area contributed by atoms with Gasteiger partial charge in [0.25, 0.3) is 0 Å². The third kappa shape index (κ3) is 5.21. The maximum Gasteiger partial charge on any atom is 0.244 e. The lowest BCUT2D eigenvalue weighted by Crippen LogP contribution is -2.25. The summed E-state index contributed by atoms with van der Waals surface area (Å²) < 4.78 is 32.8. The highest BCUT2D eigenvalue weighted by Gasteiger charge is 2.20. The lowest BCUT2D eigenvalue weighted by atomic mass is 10.2. The standard InChI is InChI=1S/C12H19BrN2O3S.ClH/c1-9-7-11(18-2)12(8-10(9)13)19(16,17)15-6-4-3-5-14;/h7-8,15H,3-6,14H2,1-2H3;1H. The van der Waals surface area contributed by atoms with Gasteiger partial charge in [0.1, 0.15) is 10.6 Å². The number of ether oxygens (including phenoxy) is 1. The number of nitrogens with one attached hydrogen (secondary N) is 1. The van der Waals surface area contributed by atoms with E-state index in [-0.39, 0.29) is 17.3 Å². The molecule has 1 aromatic carbocycles. The average molecular weight is 388 g/mol. The molecule has 0 bridgehead atoms.